The van der Waals surface area contributed by atoms with Gasteiger partial charge in [0.15, 0.2) is 5.78 Å². The molecule has 32 heavy (non-hydrogen) atoms. The van der Waals surface area contributed by atoms with Crippen molar-refractivity contribution in [1.82, 2.24) is 0 Å². The Hall–Kier alpha value is -2.44. The van der Waals surface area contributed by atoms with E-state index in [4.69, 9.17) is 18.6 Å². The van der Waals surface area contributed by atoms with E-state index in [1.165, 1.54) is 23.0 Å². The average Bonchev–Trinajstić information content (AvgIpc) is 2.73. The highest BCUT2D eigenvalue weighted by atomic mass is 127. The molecule has 1 amide bonds. The molecule has 5 N–H and O–H groups in total. The summed E-state index contributed by atoms with van der Waals surface area (Å²) >= 11 is 1.47. The summed E-state index contributed by atoms with van der Waals surface area (Å²) in [5.41, 5.74) is 3.88. The number of hydrogen-bond acceptors (Lipinski definition) is 8. The van der Waals surface area contributed by atoms with Crippen LogP contribution in [0.4, 0.5) is 0 Å². The van der Waals surface area contributed by atoms with Gasteiger partial charge in [0, 0.05) is 30.9 Å². The number of aliphatic hydroxyl groups excluding tert-OH is 3. The van der Waals surface area contributed by atoms with Gasteiger partial charge in [-0.2, -0.15) is 0 Å². The van der Waals surface area contributed by atoms with Gasteiger partial charge in [-0.25, -0.2) is 0 Å². The van der Waals surface area contributed by atoms with Crippen LogP contribution in [-0.4, -0.2) is 51.6 Å². The Morgan fingerprint density at radius 1 is 1.25 bits per heavy atom. The molecule has 10 heteroatoms. The van der Waals surface area contributed by atoms with E-state index in [-0.39, 0.29) is 37.4 Å². The van der Waals surface area contributed by atoms with Crippen molar-refractivity contribution in [1.29, 1.82) is 0 Å². The molecule has 0 aliphatic heterocycles. The molecule has 0 aromatic heterocycles. The number of benzene rings is 1. The Balaban J connectivity index is 1.87. The maximum atomic E-state index is 13.7. The van der Waals surface area contributed by atoms with E-state index >= 15 is 0 Å². The second kappa shape index (κ2) is 8.49. The summed E-state index contributed by atoms with van der Waals surface area (Å²) in [6, 6.07) is 5.28. The van der Waals surface area contributed by atoms with E-state index in [1.54, 1.807) is 12.1 Å². The molecule has 0 radical (unpaired) electrons. The van der Waals surface area contributed by atoms with Crippen LogP contribution in [0.15, 0.2) is 35.1 Å². The topological polar surface area (TPSA) is 156 Å². The van der Waals surface area contributed by atoms with E-state index < -0.39 is 46.2 Å². The molecule has 1 aromatic rings. The zero-order chi connectivity index (χ0) is 23.2. The third kappa shape index (κ3) is 3.23. The van der Waals surface area contributed by atoms with Gasteiger partial charge in [0.1, 0.15) is 45.8 Å². The van der Waals surface area contributed by atoms with Crippen LogP contribution in [0.2, 0.25) is 0 Å². The lowest BCUT2D eigenvalue weighted by atomic mass is 9.59. The third-order valence-electron chi connectivity index (χ3n) is 6.43. The Labute approximate surface area is 197 Å². The second-order valence-corrected chi connectivity index (χ2v) is 8.61. The van der Waals surface area contributed by atoms with Crippen molar-refractivity contribution in [3.8, 4) is 5.75 Å². The third-order valence-corrected chi connectivity index (χ3v) is 7.13. The quantitative estimate of drug-likeness (QED) is 0.236. The van der Waals surface area contributed by atoms with E-state index in [0.717, 1.165) is 5.56 Å². The van der Waals surface area contributed by atoms with Crippen LogP contribution >= 0.6 is 23.0 Å². The maximum absolute atomic E-state index is 13.7. The number of ether oxygens (including phenoxy) is 1. The minimum atomic E-state index is -1.98. The number of carbonyl (C=O) groups is 3. The molecule has 9 nitrogen and oxygen atoms in total. The Kier molecular flexibility index (Phi) is 6.03. The van der Waals surface area contributed by atoms with Gasteiger partial charge in [-0.15, -0.1) is 0 Å². The van der Waals surface area contributed by atoms with Crippen molar-refractivity contribution in [3.63, 3.8) is 0 Å². The number of Topliss-reactive ketones (excluding diaryl/α,β-unsaturated/α-hetero) is 2. The maximum Gasteiger partial charge on any atom is 0.255 e. The summed E-state index contributed by atoms with van der Waals surface area (Å²) in [5, 5.41) is 31.1. The van der Waals surface area contributed by atoms with Gasteiger partial charge >= 0.3 is 0 Å². The Bertz CT molecular complexity index is 1080. The summed E-state index contributed by atoms with van der Waals surface area (Å²) in [7, 11) is 0. The molecule has 0 heterocycles. The molecule has 0 saturated heterocycles. The molecule has 1 aromatic carbocycles. The van der Waals surface area contributed by atoms with Crippen LogP contribution in [0.1, 0.15) is 30.4 Å². The molecule has 4 rings (SSSR count). The fourth-order valence-corrected chi connectivity index (χ4v) is 5.80. The van der Waals surface area contributed by atoms with Gasteiger partial charge in [-0.1, -0.05) is 12.1 Å². The minimum Gasteiger partial charge on any atom is -0.508 e. The molecule has 0 bridgehead atoms. The van der Waals surface area contributed by atoms with Crippen molar-refractivity contribution in [2.75, 3.05) is 13.2 Å². The monoisotopic (exact) mass is 555 g/mol. The van der Waals surface area contributed by atoms with Crippen LogP contribution in [-0.2, 0) is 23.9 Å². The van der Waals surface area contributed by atoms with Crippen molar-refractivity contribution < 1.29 is 37.5 Å². The Morgan fingerprint density at radius 3 is 2.66 bits per heavy atom. The van der Waals surface area contributed by atoms with Crippen molar-refractivity contribution >= 4 is 46.2 Å². The van der Waals surface area contributed by atoms with Gasteiger partial charge in [0.25, 0.3) is 5.91 Å². The van der Waals surface area contributed by atoms with Gasteiger partial charge in [-0.3, -0.25) is 17.4 Å². The zero-order valence-corrected chi connectivity index (χ0v) is 19.1. The average molecular weight is 555 g/mol. The number of carbonyl (C=O) groups excluding carboxylic acids is 3. The number of fused-ring (bicyclic) bond motifs is 3. The van der Waals surface area contributed by atoms with Crippen LogP contribution in [0.5, 0.6) is 5.75 Å². The van der Waals surface area contributed by atoms with Crippen LogP contribution in [0, 0.1) is 11.8 Å². The first-order valence-electron chi connectivity index (χ1n) is 10.2. The lowest BCUT2D eigenvalue weighted by molar-refractivity contribution is -0.140. The minimum absolute atomic E-state index is 0.0495. The summed E-state index contributed by atoms with van der Waals surface area (Å²) in [6.45, 7) is 0.176. The summed E-state index contributed by atoms with van der Waals surface area (Å²) in [5.74, 6) is -4.30. The molecule has 3 atom stereocenters. The lowest BCUT2D eigenvalue weighted by Crippen LogP contribution is -2.58. The number of rotatable bonds is 6. The smallest absolute Gasteiger partial charge is 0.255 e. The van der Waals surface area contributed by atoms with Gasteiger partial charge in [-0.05, 0) is 30.4 Å². The van der Waals surface area contributed by atoms with Crippen LogP contribution in [0.3, 0.4) is 0 Å². The molecule has 0 unspecified atom stereocenters. The zero-order valence-electron chi connectivity index (χ0n) is 17.0. The van der Waals surface area contributed by atoms with E-state index in [0.29, 0.717) is 24.2 Å². The fraction of sp³-hybridized carbons (Fsp3) is 0.409. The van der Waals surface area contributed by atoms with E-state index in [1.807, 2.05) is 6.07 Å². The first-order chi connectivity index (χ1) is 15.3. The highest BCUT2D eigenvalue weighted by molar-refractivity contribution is 14.1. The summed E-state index contributed by atoms with van der Waals surface area (Å²) in [6.07, 6.45) is 0.926. The molecule has 3 aliphatic rings. The number of hydrogen-bond donors (Lipinski definition) is 4. The van der Waals surface area contributed by atoms with Crippen LogP contribution < -0.4 is 10.5 Å². The summed E-state index contributed by atoms with van der Waals surface area (Å²) < 4.78 is 11.2. The van der Waals surface area contributed by atoms with Crippen LogP contribution in [0.25, 0.3) is 5.76 Å². The highest BCUT2D eigenvalue weighted by Crippen LogP contribution is 2.53. The number of aliphatic hydroxyl groups is 3. The van der Waals surface area contributed by atoms with Crippen molar-refractivity contribution in [2.24, 2.45) is 17.6 Å². The van der Waals surface area contributed by atoms with Crippen molar-refractivity contribution in [2.45, 2.75) is 31.3 Å². The van der Waals surface area contributed by atoms with E-state index in [9.17, 15) is 24.6 Å². The van der Waals surface area contributed by atoms with Gasteiger partial charge < -0.3 is 25.8 Å². The molecular weight excluding hydrogens is 533 g/mol. The van der Waals surface area contributed by atoms with Crippen molar-refractivity contribution in [3.05, 3.63) is 46.2 Å². The number of halogens is 1. The number of primary amides is 1. The molecular formula is C22H22INO8. The predicted molar refractivity (Wildman–Crippen MR) is 120 cm³/mol. The largest absolute Gasteiger partial charge is 0.508 e. The SMILES string of the molecule is NC(=O)C1=C(O)[C@@]2(OI)C(=O)C3=C(O)c4c(cccc4OCCCO)C[C@H]3C[C@H]2CC1=O. The summed E-state index contributed by atoms with van der Waals surface area (Å²) in [4.78, 5) is 38.0. The number of ketones is 2. The Morgan fingerprint density at radius 2 is 2.00 bits per heavy atom. The predicted octanol–water partition coefficient (Wildman–Crippen LogP) is 1.85. The molecule has 1 saturated carbocycles. The molecule has 170 valence electrons. The van der Waals surface area contributed by atoms with E-state index in [2.05, 4.69) is 0 Å². The molecule has 1 fully saturated rings. The standard InChI is InChI=1S/C22H22INO8/c23-32-22-12(9-13(26)17(20(22)29)21(24)30)8-11-7-10-3-1-4-14(31-6-2-5-25)15(10)18(27)16(11)19(22)28/h1,3-4,11-12,25,27,29H,2,5-9H2,(H2,24,30)/t11-,12-,22-/m0/s1. The number of amides is 1. The molecule has 0 spiro atoms. The second-order valence-electron chi connectivity index (χ2n) is 8.17. The normalized spacial score (nSPS) is 27.1. The number of nitrogens with two attached hydrogens (primary N) is 1. The molecule has 3 aliphatic carbocycles. The highest BCUT2D eigenvalue weighted by Gasteiger charge is 2.62. The first kappa shape index (κ1) is 22.7. The first-order valence-corrected chi connectivity index (χ1v) is 11.1. The lowest BCUT2D eigenvalue weighted by Gasteiger charge is -2.47. The van der Waals surface area contributed by atoms with Gasteiger partial charge in [0.05, 0.1) is 12.2 Å². The van der Waals surface area contributed by atoms with Gasteiger partial charge in [0.2, 0.25) is 11.4 Å². The fourth-order valence-electron chi connectivity index (χ4n) is 5.03.